The van der Waals surface area contributed by atoms with Gasteiger partial charge in [-0.3, -0.25) is 10.4 Å². The van der Waals surface area contributed by atoms with Crippen LogP contribution in [0.15, 0.2) is 94.5 Å². The molecule has 1 saturated heterocycles. The highest BCUT2D eigenvalue weighted by atomic mass is 19.3. The molecule has 0 amide bonds. The SMILES string of the molecule is C=N\C=C(/C=C(Cc1ccc(C(/C=C(\C(=C)N)C(=N)N)=C/C)cc1)/C(=C\CC)NC1CCOC1)C(C)(F)F.CN. The highest BCUT2D eigenvalue weighted by Crippen LogP contribution is 2.29. The monoisotopic (exact) mass is 554 g/mol. The molecule has 1 aliphatic rings. The molecule has 1 aromatic carbocycles. The molecule has 40 heavy (non-hydrogen) atoms. The molecular weight excluding hydrogens is 510 g/mol. The van der Waals surface area contributed by atoms with Crippen molar-refractivity contribution in [2.24, 2.45) is 22.2 Å². The Kier molecular flexibility index (Phi) is 14.5. The lowest BCUT2D eigenvalue weighted by atomic mass is 9.95. The van der Waals surface area contributed by atoms with Crippen LogP contribution >= 0.6 is 0 Å². The average Bonchev–Trinajstić information content (AvgIpc) is 3.42. The van der Waals surface area contributed by atoms with E-state index in [1.807, 2.05) is 50.3 Å². The summed E-state index contributed by atoms with van der Waals surface area (Å²) in [5.74, 6) is -3.25. The van der Waals surface area contributed by atoms with Crippen LogP contribution in [0.4, 0.5) is 8.78 Å². The Hall–Kier alpha value is -3.82. The number of benzene rings is 1. The van der Waals surface area contributed by atoms with Gasteiger partial charge in [-0.05, 0) is 74.4 Å². The molecule has 0 radical (unpaired) electrons. The minimum Gasteiger partial charge on any atom is -0.399 e. The molecule has 1 aromatic rings. The Labute approximate surface area is 237 Å². The summed E-state index contributed by atoms with van der Waals surface area (Å²) in [4.78, 5) is 3.61. The van der Waals surface area contributed by atoms with Gasteiger partial charge in [-0.2, -0.15) is 0 Å². The van der Waals surface area contributed by atoms with E-state index < -0.39 is 5.92 Å². The molecule has 7 nitrogen and oxygen atoms in total. The van der Waals surface area contributed by atoms with Gasteiger partial charge >= 0.3 is 0 Å². The number of nitrogens with two attached hydrogens (primary N) is 3. The first kappa shape index (κ1) is 34.2. The highest BCUT2D eigenvalue weighted by Gasteiger charge is 2.27. The summed E-state index contributed by atoms with van der Waals surface area (Å²) in [6.45, 7) is 13.0. The number of alkyl halides is 2. The minimum absolute atomic E-state index is 0.113. The maximum absolute atomic E-state index is 14.4. The van der Waals surface area contributed by atoms with E-state index in [-0.39, 0.29) is 23.1 Å². The molecule has 9 heteroatoms. The lowest BCUT2D eigenvalue weighted by molar-refractivity contribution is 0.0671. The van der Waals surface area contributed by atoms with Crippen molar-refractivity contribution in [2.75, 3.05) is 20.3 Å². The van der Waals surface area contributed by atoms with Gasteiger partial charge in [-0.1, -0.05) is 49.9 Å². The third kappa shape index (κ3) is 10.7. The van der Waals surface area contributed by atoms with Crippen LogP contribution in [0.5, 0.6) is 0 Å². The number of allylic oxidation sites excluding steroid dienone is 7. The Bertz CT molecular complexity index is 1150. The fourth-order valence-corrected chi connectivity index (χ4v) is 4.01. The van der Waals surface area contributed by atoms with Crippen LogP contribution in [0.2, 0.25) is 0 Å². The Morgan fingerprint density at radius 2 is 1.88 bits per heavy atom. The zero-order valence-electron chi connectivity index (χ0n) is 24.1. The largest absolute Gasteiger partial charge is 0.399 e. The van der Waals surface area contributed by atoms with Crippen molar-refractivity contribution in [1.29, 1.82) is 5.41 Å². The molecule has 0 aromatic heterocycles. The number of nitrogens with one attached hydrogen (secondary N) is 2. The predicted molar refractivity (Wildman–Crippen MR) is 164 cm³/mol. The maximum Gasteiger partial charge on any atom is 0.272 e. The van der Waals surface area contributed by atoms with Gasteiger partial charge in [0.15, 0.2) is 0 Å². The van der Waals surface area contributed by atoms with Gasteiger partial charge in [0.25, 0.3) is 5.92 Å². The number of halogens is 2. The van der Waals surface area contributed by atoms with E-state index in [1.165, 1.54) is 13.1 Å². The number of amidine groups is 1. The van der Waals surface area contributed by atoms with Crippen LogP contribution in [0.3, 0.4) is 0 Å². The zero-order chi connectivity index (χ0) is 30.3. The van der Waals surface area contributed by atoms with Gasteiger partial charge in [-0.25, -0.2) is 8.78 Å². The Morgan fingerprint density at radius 1 is 1.23 bits per heavy atom. The molecule has 1 fully saturated rings. The van der Waals surface area contributed by atoms with E-state index in [4.69, 9.17) is 21.6 Å². The van der Waals surface area contributed by atoms with Crippen LogP contribution in [-0.4, -0.2) is 44.8 Å². The van der Waals surface area contributed by atoms with Crippen molar-refractivity contribution in [2.45, 2.75) is 52.0 Å². The summed E-state index contributed by atoms with van der Waals surface area (Å²) in [5, 5.41) is 11.3. The molecule has 8 N–H and O–H groups in total. The van der Waals surface area contributed by atoms with E-state index in [9.17, 15) is 8.78 Å². The van der Waals surface area contributed by atoms with Gasteiger partial charge < -0.3 is 27.3 Å². The molecule has 218 valence electrons. The normalized spacial score (nSPS) is 17.2. The van der Waals surface area contributed by atoms with Gasteiger partial charge in [0.2, 0.25) is 0 Å². The molecule has 0 saturated carbocycles. The van der Waals surface area contributed by atoms with E-state index in [1.54, 1.807) is 6.08 Å². The fourth-order valence-electron chi connectivity index (χ4n) is 4.01. The number of aliphatic imine (C=N–C) groups is 1. The van der Waals surface area contributed by atoms with Gasteiger partial charge in [-0.15, -0.1) is 0 Å². The van der Waals surface area contributed by atoms with E-state index >= 15 is 0 Å². The number of hydrogen-bond donors (Lipinski definition) is 5. The summed E-state index contributed by atoms with van der Waals surface area (Å²) >= 11 is 0. The Balaban J connectivity index is 0.00000391. The topological polar surface area (TPSA) is 136 Å². The average molecular weight is 555 g/mol. The van der Waals surface area contributed by atoms with Crippen molar-refractivity contribution in [3.05, 3.63) is 101 Å². The predicted octanol–water partition coefficient (Wildman–Crippen LogP) is 5.38. The van der Waals surface area contributed by atoms with Crippen LogP contribution in [0, 0.1) is 5.41 Å². The molecule has 0 aliphatic carbocycles. The summed E-state index contributed by atoms with van der Waals surface area (Å²) < 4.78 is 34.3. The maximum atomic E-state index is 14.4. The summed E-state index contributed by atoms with van der Waals surface area (Å²) in [6, 6.07) is 7.89. The van der Waals surface area contributed by atoms with Crippen molar-refractivity contribution >= 4 is 18.1 Å². The molecule has 0 spiro atoms. The first-order valence-corrected chi connectivity index (χ1v) is 13.1. The van der Waals surface area contributed by atoms with Crippen LogP contribution < -0.4 is 22.5 Å². The van der Waals surface area contributed by atoms with Gasteiger partial charge in [0.05, 0.1) is 12.6 Å². The van der Waals surface area contributed by atoms with Crippen LogP contribution in [0.25, 0.3) is 5.57 Å². The number of rotatable bonds is 13. The van der Waals surface area contributed by atoms with Crippen molar-refractivity contribution in [3.8, 4) is 0 Å². The van der Waals surface area contributed by atoms with E-state index in [0.717, 1.165) is 48.4 Å². The standard InChI is InChI=1S/C30H39F2N5O.CH5N/c1-6-8-28(37-26-13-14-38-19-26)24(16-25(18-36-5)30(4,31)32)15-21-9-11-23(12-10-21)22(7-2)17-27(20(3)33)29(34)35;1-2/h7-12,16-18,26,37H,3,5-6,13-15,19,33H2,1-2,4H3,(H3,34,35);2H2,1H3/b22-7+,24-16+,25-18+,27-17+,28-8+;. The molecule has 1 atom stereocenters. The molecule has 2 rings (SSSR count). The van der Waals surface area contributed by atoms with Gasteiger partial charge in [0, 0.05) is 42.3 Å². The lowest BCUT2D eigenvalue weighted by Crippen LogP contribution is -2.30. The quantitative estimate of drug-likeness (QED) is 0.127. The fraction of sp³-hybridized carbons (Fsp3) is 0.355. The number of hydrogen-bond acceptors (Lipinski definition) is 6. The molecule has 1 aliphatic heterocycles. The first-order chi connectivity index (χ1) is 19.0. The molecule has 1 heterocycles. The van der Waals surface area contributed by atoms with E-state index in [0.29, 0.717) is 30.8 Å². The second-order valence-corrected chi connectivity index (χ2v) is 9.17. The van der Waals surface area contributed by atoms with E-state index in [2.05, 4.69) is 29.3 Å². The van der Waals surface area contributed by atoms with Crippen molar-refractivity contribution in [3.63, 3.8) is 0 Å². The van der Waals surface area contributed by atoms with Crippen molar-refractivity contribution in [1.82, 2.24) is 5.32 Å². The molecule has 0 bridgehead atoms. The molecular formula is C31H44F2N6O. The zero-order valence-corrected chi connectivity index (χ0v) is 24.1. The second-order valence-electron chi connectivity index (χ2n) is 9.17. The third-order valence-electron chi connectivity index (χ3n) is 6.04. The minimum atomic E-state index is -3.08. The lowest BCUT2D eigenvalue weighted by Gasteiger charge is -2.21. The molecule has 1 unspecified atom stereocenters. The summed E-state index contributed by atoms with van der Waals surface area (Å²) in [6.07, 6.45) is 10.2. The third-order valence-corrected chi connectivity index (χ3v) is 6.04. The van der Waals surface area contributed by atoms with Crippen LogP contribution in [-0.2, 0) is 11.2 Å². The first-order valence-electron chi connectivity index (χ1n) is 13.1. The summed E-state index contributed by atoms with van der Waals surface area (Å²) in [5.41, 5.74) is 20.5. The second kappa shape index (κ2) is 17.0. The van der Waals surface area contributed by atoms with Crippen LogP contribution in [0.1, 0.15) is 44.7 Å². The van der Waals surface area contributed by atoms with Gasteiger partial charge in [0.1, 0.15) is 5.84 Å². The highest BCUT2D eigenvalue weighted by molar-refractivity contribution is 6.01. The smallest absolute Gasteiger partial charge is 0.272 e. The Morgan fingerprint density at radius 3 is 2.33 bits per heavy atom. The summed E-state index contributed by atoms with van der Waals surface area (Å²) in [7, 11) is 1.50. The number of ether oxygens (including phenoxy) is 1. The van der Waals surface area contributed by atoms with Crippen molar-refractivity contribution < 1.29 is 13.5 Å². The number of nitrogens with zero attached hydrogens (tertiary/aromatic N) is 1.